The number of benzene rings is 2. The molecule has 1 aliphatic heterocycles. The number of amides is 1. The fraction of sp³-hybridized carbons (Fsp3) is 0.231. The SMILES string of the molecule is COC(=O)C1=C(C(=O)OC)N(c2ccc(OC)c(C(=O)N(C)C)c2)C(N)=C(C#N)C1c1ccccc1. The third kappa shape index (κ3) is 4.46. The van der Waals surface area contributed by atoms with Gasteiger partial charge in [-0.15, -0.1) is 0 Å². The number of anilines is 1. The number of nitriles is 1. The minimum Gasteiger partial charge on any atom is -0.496 e. The van der Waals surface area contributed by atoms with Crippen molar-refractivity contribution >= 4 is 23.5 Å². The van der Waals surface area contributed by atoms with Gasteiger partial charge in [0.1, 0.15) is 17.3 Å². The normalized spacial score (nSPS) is 15.2. The highest BCUT2D eigenvalue weighted by molar-refractivity contribution is 6.07. The van der Waals surface area contributed by atoms with Crippen molar-refractivity contribution in [2.75, 3.05) is 40.3 Å². The van der Waals surface area contributed by atoms with E-state index in [2.05, 4.69) is 6.07 Å². The van der Waals surface area contributed by atoms with Gasteiger partial charge in [0.2, 0.25) is 0 Å². The first kappa shape index (κ1) is 25.8. The number of allylic oxidation sites excluding steroid dienone is 1. The molecule has 1 amide bonds. The molecule has 3 rings (SSSR count). The van der Waals surface area contributed by atoms with E-state index in [0.717, 1.165) is 7.11 Å². The summed E-state index contributed by atoms with van der Waals surface area (Å²) in [6, 6.07) is 15.3. The average molecular weight is 491 g/mol. The summed E-state index contributed by atoms with van der Waals surface area (Å²) < 4.78 is 15.4. The Hall–Kier alpha value is -4.78. The maximum atomic E-state index is 13.2. The van der Waals surface area contributed by atoms with Crippen LogP contribution in [0.2, 0.25) is 0 Å². The summed E-state index contributed by atoms with van der Waals surface area (Å²) >= 11 is 0. The van der Waals surface area contributed by atoms with Crippen LogP contribution in [-0.4, -0.2) is 58.2 Å². The van der Waals surface area contributed by atoms with Crippen LogP contribution in [0.5, 0.6) is 5.75 Å². The monoisotopic (exact) mass is 490 g/mol. The molecule has 0 aliphatic carbocycles. The molecule has 10 heteroatoms. The summed E-state index contributed by atoms with van der Waals surface area (Å²) in [5.74, 6) is -2.90. The van der Waals surface area contributed by atoms with Gasteiger partial charge in [-0.1, -0.05) is 30.3 Å². The van der Waals surface area contributed by atoms with Gasteiger partial charge in [-0.25, -0.2) is 9.59 Å². The molecule has 0 saturated carbocycles. The van der Waals surface area contributed by atoms with Gasteiger partial charge in [-0.3, -0.25) is 9.69 Å². The molecule has 2 N–H and O–H groups in total. The molecule has 0 radical (unpaired) electrons. The minimum absolute atomic E-state index is 0.0190. The Morgan fingerprint density at radius 2 is 1.64 bits per heavy atom. The van der Waals surface area contributed by atoms with E-state index >= 15 is 0 Å². The number of rotatable bonds is 6. The number of ether oxygens (including phenoxy) is 3. The topological polar surface area (TPSA) is 135 Å². The Morgan fingerprint density at radius 3 is 2.17 bits per heavy atom. The first-order valence-corrected chi connectivity index (χ1v) is 10.8. The van der Waals surface area contributed by atoms with Gasteiger partial charge < -0.3 is 24.8 Å². The lowest BCUT2D eigenvalue weighted by Crippen LogP contribution is -2.40. The van der Waals surface area contributed by atoms with E-state index in [9.17, 15) is 19.6 Å². The van der Waals surface area contributed by atoms with Crippen molar-refractivity contribution in [2.24, 2.45) is 5.73 Å². The quantitative estimate of drug-likeness (QED) is 0.605. The van der Waals surface area contributed by atoms with Gasteiger partial charge in [-0.05, 0) is 23.8 Å². The van der Waals surface area contributed by atoms with Crippen LogP contribution < -0.4 is 15.4 Å². The molecule has 0 aromatic heterocycles. The summed E-state index contributed by atoms with van der Waals surface area (Å²) in [7, 11) is 6.91. The molecule has 10 nitrogen and oxygen atoms in total. The molecular formula is C26H26N4O6. The second-order valence-corrected chi connectivity index (χ2v) is 7.92. The molecule has 1 unspecified atom stereocenters. The Morgan fingerprint density at radius 1 is 1.00 bits per heavy atom. The number of nitrogens with zero attached hydrogens (tertiary/aromatic N) is 3. The van der Waals surface area contributed by atoms with E-state index in [1.165, 1.54) is 36.2 Å². The fourth-order valence-corrected chi connectivity index (χ4v) is 4.02. The second-order valence-electron chi connectivity index (χ2n) is 7.92. The van der Waals surface area contributed by atoms with E-state index in [1.54, 1.807) is 50.5 Å². The summed E-state index contributed by atoms with van der Waals surface area (Å²) in [5, 5.41) is 10.1. The van der Waals surface area contributed by atoms with Crippen LogP contribution in [-0.2, 0) is 19.1 Å². The molecule has 0 fully saturated rings. The highest BCUT2D eigenvalue weighted by atomic mass is 16.5. The predicted molar refractivity (Wildman–Crippen MR) is 131 cm³/mol. The number of methoxy groups -OCH3 is 3. The smallest absolute Gasteiger partial charge is 0.355 e. The minimum atomic E-state index is -0.991. The fourth-order valence-electron chi connectivity index (χ4n) is 4.02. The maximum Gasteiger partial charge on any atom is 0.355 e. The number of carbonyl (C=O) groups excluding carboxylic acids is 3. The largest absolute Gasteiger partial charge is 0.496 e. The molecule has 1 atom stereocenters. The van der Waals surface area contributed by atoms with Gasteiger partial charge in [0.15, 0.2) is 0 Å². The first-order valence-electron chi connectivity index (χ1n) is 10.8. The van der Waals surface area contributed by atoms with E-state index in [1.807, 2.05) is 0 Å². The highest BCUT2D eigenvalue weighted by Crippen LogP contribution is 2.43. The summed E-state index contributed by atoms with van der Waals surface area (Å²) in [4.78, 5) is 41.7. The van der Waals surface area contributed by atoms with E-state index in [0.29, 0.717) is 5.56 Å². The zero-order chi connectivity index (χ0) is 26.6. The molecule has 0 spiro atoms. The molecule has 2 aromatic carbocycles. The van der Waals surface area contributed by atoms with Crippen LogP contribution in [0.4, 0.5) is 5.69 Å². The van der Waals surface area contributed by atoms with Crippen molar-refractivity contribution in [3.8, 4) is 11.8 Å². The number of nitrogens with two attached hydrogens (primary N) is 1. The molecule has 0 bridgehead atoms. The third-order valence-corrected chi connectivity index (χ3v) is 5.69. The van der Waals surface area contributed by atoms with Crippen LogP contribution in [0.15, 0.2) is 71.2 Å². The lowest BCUT2D eigenvalue weighted by molar-refractivity contribution is -0.139. The highest BCUT2D eigenvalue weighted by Gasteiger charge is 2.43. The van der Waals surface area contributed by atoms with Crippen LogP contribution in [0.3, 0.4) is 0 Å². The van der Waals surface area contributed by atoms with Crippen molar-refractivity contribution in [1.82, 2.24) is 4.90 Å². The number of hydrogen-bond acceptors (Lipinski definition) is 9. The summed E-state index contributed by atoms with van der Waals surface area (Å²) in [5.41, 5.74) is 7.13. The van der Waals surface area contributed by atoms with Crippen molar-refractivity contribution in [3.05, 3.63) is 82.3 Å². The Bertz CT molecular complexity index is 1310. The van der Waals surface area contributed by atoms with Crippen LogP contribution >= 0.6 is 0 Å². The van der Waals surface area contributed by atoms with E-state index in [4.69, 9.17) is 19.9 Å². The van der Waals surface area contributed by atoms with Crippen molar-refractivity contribution in [3.63, 3.8) is 0 Å². The zero-order valence-electron chi connectivity index (χ0n) is 20.6. The van der Waals surface area contributed by atoms with E-state index in [-0.39, 0.29) is 45.6 Å². The van der Waals surface area contributed by atoms with Crippen LogP contribution in [0.25, 0.3) is 0 Å². The third-order valence-electron chi connectivity index (χ3n) is 5.69. The Labute approximate surface area is 208 Å². The lowest BCUT2D eigenvalue weighted by Gasteiger charge is -2.36. The molecule has 1 heterocycles. The molecular weight excluding hydrogens is 464 g/mol. The lowest BCUT2D eigenvalue weighted by atomic mass is 9.81. The molecule has 0 saturated heterocycles. The Kier molecular flexibility index (Phi) is 7.64. The van der Waals surface area contributed by atoms with Gasteiger partial charge in [-0.2, -0.15) is 5.26 Å². The average Bonchev–Trinajstić information content (AvgIpc) is 2.90. The van der Waals surface area contributed by atoms with Gasteiger partial charge in [0.05, 0.1) is 50.0 Å². The second kappa shape index (κ2) is 10.7. The maximum absolute atomic E-state index is 13.2. The number of carbonyl (C=O) groups is 3. The summed E-state index contributed by atoms with van der Waals surface area (Å²) in [6.07, 6.45) is 0. The first-order chi connectivity index (χ1) is 17.2. The van der Waals surface area contributed by atoms with Crippen molar-refractivity contribution < 1.29 is 28.6 Å². The standard InChI is InChI=1S/C26H26N4O6/c1-29(2)24(31)17-13-16(11-12-19(17)34-3)30-22(26(33)36-5)21(25(32)35-4)20(18(14-27)23(30)28)15-9-7-6-8-10-15/h6-13,20H,28H2,1-5H3. The van der Waals surface area contributed by atoms with Crippen LogP contribution in [0, 0.1) is 11.3 Å². The van der Waals surface area contributed by atoms with Gasteiger partial charge in [0, 0.05) is 19.8 Å². The summed E-state index contributed by atoms with van der Waals surface area (Å²) in [6.45, 7) is 0. The van der Waals surface area contributed by atoms with Crippen LogP contribution in [0.1, 0.15) is 21.8 Å². The molecule has 186 valence electrons. The van der Waals surface area contributed by atoms with E-state index < -0.39 is 17.9 Å². The number of esters is 2. The molecule has 2 aromatic rings. The Balaban J connectivity index is 2.41. The van der Waals surface area contributed by atoms with Gasteiger partial charge >= 0.3 is 11.9 Å². The molecule has 36 heavy (non-hydrogen) atoms. The number of hydrogen-bond donors (Lipinski definition) is 1. The van der Waals surface area contributed by atoms with Gasteiger partial charge in [0.25, 0.3) is 5.91 Å². The predicted octanol–water partition coefficient (Wildman–Crippen LogP) is 2.29. The van der Waals surface area contributed by atoms with Crippen molar-refractivity contribution in [1.29, 1.82) is 5.26 Å². The zero-order valence-corrected chi connectivity index (χ0v) is 20.6. The van der Waals surface area contributed by atoms with Crippen molar-refractivity contribution in [2.45, 2.75) is 5.92 Å². The molecule has 1 aliphatic rings.